The third-order valence-corrected chi connectivity index (χ3v) is 7.28. The van der Waals surface area contributed by atoms with E-state index in [4.69, 9.17) is 4.98 Å². The summed E-state index contributed by atoms with van der Waals surface area (Å²) < 4.78 is 2.12. The molecule has 0 saturated carbocycles. The standard InChI is InChI=1S/C25H24N6OS/c1-17-14-18-6-2-5-9-21(18)31(17)15-22(32)29-10-12-30(13-11-29)25-23(26-16-33-25)24-27-19-7-3-4-8-20(19)28-24/h2-9,14,16H,10-13,15H2,1H3,(H,27,28). The highest BCUT2D eigenvalue weighted by Gasteiger charge is 2.25. The molecule has 33 heavy (non-hydrogen) atoms. The molecule has 3 aromatic heterocycles. The van der Waals surface area contributed by atoms with Crippen LogP contribution < -0.4 is 4.90 Å². The highest BCUT2D eigenvalue weighted by atomic mass is 32.1. The minimum absolute atomic E-state index is 0.168. The number of fused-ring (bicyclic) bond motifs is 2. The quantitative estimate of drug-likeness (QED) is 0.438. The monoisotopic (exact) mass is 456 g/mol. The van der Waals surface area contributed by atoms with Crippen LogP contribution in [0.15, 0.2) is 60.1 Å². The molecule has 0 spiro atoms. The largest absolute Gasteiger partial charge is 0.358 e. The van der Waals surface area contributed by atoms with E-state index >= 15 is 0 Å². The summed E-state index contributed by atoms with van der Waals surface area (Å²) in [5, 5.41) is 2.28. The highest BCUT2D eigenvalue weighted by molar-refractivity contribution is 7.14. The molecule has 4 heterocycles. The zero-order chi connectivity index (χ0) is 22.4. The van der Waals surface area contributed by atoms with Gasteiger partial charge in [-0.1, -0.05) is 30.3 Å². The number of rotatable bonds is 4. The van der Waals surface area contributed by atoms with Crippen molar-refractivity contribution in [3.63, 3.8) is 0 Å². The summed E-state index contributed by atoms with van der Waals surface area (Å²) in [4.78, 5) is 30.1. The Balaban J connectivity index is 1.16. The number of hydrogen-bond donors (Lipinski definition) is 1. The van der Waals surface area contributed by atoms with E-state index in [9.17, 15) is 4.79 Å². The molecule has 2 aromatic carbocycles. The third kappa shape index (κ3) is 3.56. The lowest BCUT2D eigenvalue weighted by molar-refractivity contribution is -0.132. The van der Waals surface area contributed by atoms with Crippen molar-refractivity contribution in [2.45, 2.75) is 13.5 Å². The van der Waals surface area contributed by atoms with Crippen molar-refractivity contribution in [2.75, 3.05) is 31.1 Å². The fraction of sp³-hybridized carbons (Fsp3) is 0.240. The normalized spacial score (nSPS) is 14.5. The Bertz CT molecular complexity index is 1420. The van der Waals surface area contributed by atoms with Crippen LogP contribution in [0.4, 0.5) is 5.00 Å². The number of anilines is 1. The maximum Gasteiger partial charge on any atom is 0.242 e. The number of aromatic amines is 1. The van der Waals surface area contributed by atoms with Crippen LogP contribution in [0.2, 0.25) is 0 Å². The van der Waals surface area contributed by atoms with Crippen molar-refractivity contribution in [1.82, 2.24) is 24.4 Å². The van der Waals surface area contributed by atoms with E-state index in [0.717, 1.165) is 51.9 Å². The molecule has 1 fully saturated rings. The smallest absolute Gasteiger partial charge is 0.242 e. The van der Waals surface area contributed by atoms with Gasteiger partial charge in [-0.25, -0.2) is 9.97 Å². The molecular formula is C25H24N6OS. The first-order valence-electron chi connectivity index (χ1n) is 11.1. The molecular weight excluding hydrogens is 432 g/mol. The number of imidazole rings is 1. The topological polar surface area (TPSA) is 70.1 Å². The van der Waals surface area contributed by atoms with Crippen molar-refractivity contribution < 1.29 is 4.79 Å². The molecule has 5 aromatic rings. The van der Waals surface area contributed by atoms with E-state index in [0.29, 0.717) is 19.6 Å². The average molecular weight is 457 g/mol. The maximum absolute atomic E-state index is 13.1. The first kappa shape index (κ1) is 20.0. The minimum Gasteiger partial charge on any atom is -0.358 e. The number of H-pyrrole nitrogens is 1. The molecule has 6 rings (SSSR count). The number of para-hydroxylation sites is 3. The number of piperazine rings is 1. The molecule has 1 aliphatic rings. The lowest BCUT2D eigenvalue weighted by Crippen LogP contribution is -2.49. The van der Waals surface area contributed by atoms with Crippen LogP contribution in [0, 0.1) is 6.92 Å². The Morgan fingerprint density at radius 3 is 2.70 bits per heavy atom. The third-order valence-electron chi connectivity index (χ3n) is 6.39. The van der Waals surface area contributed by atoms with Gasteiger partial charge in [0, 0.05) is 37.4 Å². The summed E-state index contributed by atoms with van der Waals surface area (Å²) in [6, 6.07) is 18.4. The van der Waals surface area contributed by atoms with Crippen molar-refractivity contribution in [3.05, 3.63) is 65.8 Å². The number of carbonyl (C=O) groups is 1. The molecule has 0 unspecified atom stereocenters. The fourth-order valence-corrected chi connectivity index (χ4v) is 5.49. The van der Waals surface area contributed by atoms with Crippen LogP contribution in [0.5, 0.6) is 0 Å². The van der Waals surface area contributed by atoms with Crippen LogP contribution in [0.3, 0.4) is 0 Å². The molecule has 0 atom stereocenters. The van der Waals surface area contributed by atoms with Gasteiger partial charge in [-0.05, 0) is 36.6 Å². The molecule has 1 amide bonds. The van der Waals surface area contributed by atoms with Crippen molar-refractivity contribution in [2.24, 2.45) is 0 Å². The van der Waals surface area contributed by atoms with Crippen molar-refractivity contribution in [1.29, 1.82) is 0 Å². The summed E-state index contributed by atoms with van der Waals surface area (Å²) >= 11 is 1.62. The summed E-state index contributed by atoms with van der Waals surface area (Å²) in [7, 11) is 0. The molecule has 0 radical (unpaired) electrons. The van der Waals surface area contributed by atoms with Gasteiger partial charge in [0.2, 0.25) is 5.91 Å². The summed E-state index contributed by atoms with van der Waals surface area (Å²) in [6.07, 6.45) is 0. The number of nitrogens with one attached hydrogen (secondary N) is 1. The van der Waals surface area contributed by atoms with Gasteiger partial charge in [0.05, 0.1) is 16.5 Å². The SMILES string of the molecule is Cc1cc2ccccc2n1CC(=O)N1CCN(c2scnc2-c2nc3ccccc3[nH]2)CC1. The van der Waals surface area contributed by atoms with Crippen molar-refractivity contribution >= 4 is 44.2 Å². The van der Waals surface area contributed by atoms with Gasteiger partial charge in [-0.2, -0.15) is 0 Å². The number of carbonyl (C=O) groups excluding carboxylic acids is 1. The van der Waals surface area contributed by atoms with Gasteiger partial charge in [0.1, 0.15) is 17.2 Å². The van der Waals surface area contributed by atoms with E-state index in [2.05, 4.69) is 44.6 Å². The lowest BCUT2D eigenvalue weighted by Gasteiger charge is -2.35. The predicted molar refractivity (Wildman–Crippen MR) is 133 cm³/mol. The molecule has 0 aliphatic carbocycles. The fourth-order valence-electron chi connectivity index (χ4n) is 4.64. The van der Waals surface area contributed by atoms with Gasteiger partial charge >= 0.3 is 0 Å². The first-order chi connectivity index (χ1) is 16.2. The second-order valence-electron chi connectivity index (χ2n) is 8.41. The van der Waals surface area contributed by atoms with Crippen LogP contribution in [-0.4, -0.2) is 56.5 Å². The van der Waals surface area contributed by atoms with Crippen LogP contribution >= 0.6 is 11.3 Å². The number of benzene rings is 2. The van der Waals surface area contributed by atoms with Gasteiger partial charge in [-0.15, -0.1) is 11.3 Å². The van der Waals surface area contributed by atoms with E-state index < -0.39 is 0 Å². The maximum atomic E-state index is 13.1. The second-order valence-corrected chi connectivity index (χ2v) is 9.24. The van der Waals surface area contributed by atoms with Crippen molar-refractivity contribution in [3.8, 4) is 11.5 Å². The first-order valence-corrected chi connectivity index (χ1v) is 12.0. The van der Waals surface area contributed by atoms with E-state index in [1.165, 1.54) is 5.39 Å². The number of aromatic nitrogens is 4. The number of hydrogen-bond acceptors (Lipinski definition) is 5. The van der Waals surface area contributed by atoms with Gasteiger partial charge in [-0.3, -0.25) is 4.79 Å². The Hall–Kier alpha value is -3.65. The summed E-state index contributed by atoms with van der Waals surface area (Å²) in [5.41, 5.74) is 6.93. The number of thiazole rings is 1. The Morgan fingerprint density at radius 2 is 1.85 bits per heavy atom. The van der Waals surface area contributed by atoms with Gasteiger partial charge in [0.25, 0.3) is 0 Å². The zero-order valence-corrected chi connectivity index (χ0v) is 19.2. The molecule has 8 heteroatoms. The van der Waals surface area contributed by atoms with Gasteiger partial charge < -0.3 is 19.4 Å². The molecule has 0 bridgehead atoms. The van der Waals surface area contributed by atoms with E-state index in [1.807, 2.05) is 46.8 Å². The zero-order valence-electron chi connectivity index (χ0n) is 18.4. The van der Waals surface area contributed by atoms with E-state index in [-0.39, 0.29) is 5.91 Å². The van der Waals surface area contributed by atoms with Gasteiger partial charge in [0.15, 0.2) is 5.82 Å². The molecule has 1 saturated heterocycles. The lowest BCUT2D eigenvalue weighted by atomic mass is 10.2. The summed E-state index contributed by atoms with van der Waals surface area (Å²) in [6.45, 7) is 5.42. The van der Waals surface area contributed by atoms with Crippen LogP contribution in [-0.2, 0) is 11.3 Å². The average Bonchev–Trinajstić information content (AvgIpc) is 3.56. The minimum atomic E-state index is 0.168. The molecule has 1 aliphatic heterocycles. The Morgan fingerprint density at radius 1 is 1.06 bits per heavy atom. The second kappa shape index (κ2) is 8.04. The Labute approximate surface area is 195 Å². The number of amides is 1. The van der Waals surface area contributed by atoms with E-state index in [1.54, 1.807) is 11.3 Å². The predicted octanol–water partition coefficient (Wildman–Crippen LogP) is 4.30. The number of aryl methyl sites for hydroxylation is 1. The molecule has 7 nitrogen and oxygen atoms in total. The molecule has 166 valence electrons. The Kier molecular flexibility index (Phi) is 4.87. The highest BCUT2D eigenvalue weighted by Crippen LogP contribution is 2.33. The number of nitrogens with zero attached hydrogens (tertiary/aromatic N) is 5. The van der Waals surface area contributed by atoms with Crippen LogP contribution in [0.1, 0.15) is 5.69 Å². The van der Waals surface area contributed by atoms with Crippen LogP contribution in [0.25, 0.3) is 33.5 Å². The summed E-state index contributed by atoms with van der Waals surface area (Å²) in [5.74, 6) is 0.960. The molecule has 1 N–H and O–H groups in total.